The van der Waals surface area contributed by atoms with E-state index in [0.29, 0.717) is 0 Å². The van der Waals surface area contributed by atoms with E-state index in [4.69, 9.17) is 36.7 Å². The van der Waals surface area contributed by atoms with Gasteiger partial charge in [-0.05, 0) is 0 Å². The van der Waals surface area contributed by atoms with Crippen molar-refractivity contribution in [3.63, 3.8) is 0 Å². The van der Waals surface area contributed by atoms with Crippen molar-refractivity contribution in [2.45, 2.75) is 0 Å². The van der Waals surface area contributed by atoms with Crippen molar-refractivity contribution in [1.29, 1.82) is 0 Å². The standard InChI is InChI=1S/Al.H2O4S.H4O4Si.H2O/c;2*1-5(2,3)4;/h;(H2,1,2,3,4);1-4H;1H2/p-3. The van der Waals surface area contributed by atoms with E-state index in [-0.39, 0.29) is 22.8 Å². The lowest BCUT2D eigenvalue weighted by atomic mass is 15.7. The van der Waals surface area contributed by atoms with Crippen molar-refractivity contribution in [2.75, 3.05) is 0 Å². The maximum atomic E-state index is 8.52. The topological polar surface area (TPSA) is 191 Å². The summed E-state index contributed by atoms with van der Waals surface area (Å²) in [4.78, 5) is 29.3. The molecule has 0 fully saturated rings. The summed E-state index contributed by atoms with van der Waals surface area (Å²) >= 11 is 0. The van der Waals surface area contributed by atoms with Gasteiger partial charge in [-0.3, -0.25) is 8.42 Å². The van der Waals surface area contributed by atoms with Crippen LogP contribution in [0, 0.1) is 0 Å². The molecule has 0 rings (SSSR count). The fourth-order valence-corrected chi connectivity index (χ4v) is 0. The van der Waals surface area contributed by atoms with Crippen LogP contribution in [0.15, 0.2) is 0 Å². The number of rotatable bonds is 0. The first-order chi connectivity index (χ1) is 4.00. The van der Waals surface area contributed by atoms with Gasteiger partial charge in [0, 0.05) is 27.8 Å². The molecule has 0 spiro atoms. The Morgan fingerprint density at radius 1 is 1.00 bits per heavy atom. The fraction of sp³-hybridized carbons (Fsp3) is 0. The second kappa shape index (κ2) is 8.04. The van der Waals surface area contributed by atoms with E-state index in [1.807, 2.05) is 0 Å². The number of hydrogen-bond donors (Lipinski definition) is 4. The Labute approximate surface area is 79.4 Å². The maximum Gasteiger partial charge on any atom is 0.668 e. The SMILES string of the molecule is O=S(=O)([O-])[O-].O[Si](O)(O)O.[Al].[OH-]. The molecule has 0 unspecified atom stereocenters. The smallest absolute Gasteiger partial charge is 0.668 e. The highest BCUT2D eigenvalue weighted by atomic mass is 32.3. The third-order valence-corrected chi connectivity index (χ3v) is 0. The Hall–Kier alpha value is 0.419. The molecular formula is H5AlO9SSi-3. The van der Waals surface area contributed by atoms with E-state index < -0.39 is 19.4 Å². The molecule has 0 atom stereocenters. The number of hydrogen-bond acceptors (Lipinski definition) is 9. The fourth-order valence-electron chi connectivity index (χ4n) is 0. The molecule has 5 N–H and O–H groups in total. The highest BCUT2D eigenvalue weighted by Crippen LogP contribution is 1.67. The summed E-state index contributed by atoms with van der Waals surface area (Å²) in [5.41, 5.74) is 0. The van der Waals surface area contributed by atoms with Crippen molar-refractivity contribution in [3.8, 4) is 0 Å². The monoisotopic (exact) mass is 236 g/mol. The zero-order valence-electron chi connectivity index (χ0n) is 5.35. The molecule has 0 saturated carbocycles. The van der Waals surface area contributed by atoms with Gasteiger partial charge < -0.3 is 33.8 Å². The maximum absolute atomic E-state index is 8.52. The van der Waals surface area contributed by atoms with Gasteiger partial charge in [0.05, 0.1) is 0 Å². The molecule has 0 aromatic carbocycles. The summed E-state index contributed by atoms with van der Waals surface area (Å²) in [6, 6.07) is 0. The normalized spacial score (nSPS) is 9.83. The average Bonchev–Trinajstić information content (AvgIpc) is 1.12. The van der Waals surface area contributed by atoms with Crippen molar-refractivity contribution < 1.29 is 42.2 Å². The molecule has 0 bridgehead atoms. The minimum absolute atomic E-state index is 0. The van der Waals surface area contributed by atoms with Gasteiger partial charge in [-0.1, -0.05) is 0 Å². The van der Waals surface area contributed by atoms with Gasteiger partial charge in [0.25, 0.3) is 0 Å². The van der Waals surface area contributed by atoms with Crippen LogP contribution in [0.1, 0.15) is 0 Å². The molecule has 0 aliphatic carbocycles. The van der Waals surface area contributed by atoms with Crippen LogP contribution in [0.4, 0.5) is 0 Å². The van der Waals surface area contributed by atoms with Crippen LogP contribution in [0.2, 0.25) is 0 Å². The van der Waals surface area contributed by atoms with Crippen LogP contribution in [0.3, 0.4) is 0 Å². The largest absolute Gasteiger partial charge is 0.870 e. The van der Waals surface area contributed by atoms with Crippen LogP contribution < -0.4 is 0 Å². The Kier molecular flexibility index (Phi) is 15.3. The lowest BCUT2D eigenvalue weighted by Gasteiger charge is -2.06. The molecular weight excluding hydrogens is 231 g/mol. The van der Waals surface area contributed by atoms with E-state index in [9.17, 15) is 0 Å². The van der Waals surface area contributed by atoms with Gasteiger partial charge in [-0.2, -0.15) is 0 Å². The zero-order chi connectivity index (χ0) is 9.00. The molecule has 3 radical (unpaired) electrons. The van der Waals surface area contributed by atoms with Gasteiger partial charge in [-0.25, -0.2) is 0 Å². The average molecular weight is 236 g/mol. The quantitative estimate of drug-likeness (QED) is 0.182. The third kappa shape index (κ3) is 5260. The zero-order valence-corrected chi connectivity index (χ0v) is 8.33. The highest BCUT2D eigenvalue weighted by Gasteiger charge is 2.22. The Morgan fingerprint density at radius 2 is 1.00 bits per heavy atom. The highest BCUT2D eigenvalue weighted by molar-refractivity contribution is 7.79. The Bertz CT molecular complexity index is 149. The molecule has 0 aliphatic rings. The second-order valence-electron chi connectivity index (χ2n) is 1.01. The first kappa shape index (κ1) is 22.8. The van der Waals surface area contributed by atoms with E-state index in [1.165, 1.54) is 0 Å². The van der Waals surface area contributed by atoms with Gasteiger partial charge >= 0.3 is 9.05 Å². The summed E-state index contributed by atoms with van der Waals surface area (Å²) < 4.78 is 34.1. The lowest BCUT2D eigenvalue weighted by Crippen LogP contribution is -2.33. The summed E-state index contributed by atoms with van der Waals surface area (Å²) in [5.74, 6) is 0. The molecule has 0 aliphatic heterocycles. The van der Waals surface area contributed by atoms with E-state index >= 15 is 0 Å². The molecule has 0 amide bonds. The molecule has 12 heteroatoms. The van der Waals surface area contributed by atoms with E-state index in [1.54, 1.807) is 0 Å². The van der Waals surface area contributed by atoms with Gasteiger partial charge in [0.1, 0.15) is 0 Å². The van der Waals surface area contributed by atoms with Gasteiger partial charge in [-0.15, -0.1) is 0 Å². The van der Waals surface area contributed by atoms with Crippen molar-refractivity contribution in [2.24, 2.45) is 0 Å². The minimum Gasteiger partial charge on any atom is -0.870 e. The van der Waals surface area contributed by atoms with E-state index in [0.717, 1.165) is 0 Å². The first-order valence-corrected chi connectivity index (χ1v) is 4.68. The van der Waals surface area contributed by atoms with Gasteiger partial charge in [0.2, 0.25) is 0 Å². The molecule has 12 heavy (non-hydrogen) atoms. The second-order valence-corrected chi connectivity index (χ2v) is 3.02. The van der Waals surface area contributed by atoms with Crippen molar-refractivity contribution in [1.82, 2.24) is 0 Å². The molecule has 0 aromatic rings. The molecule has 75 valence electrons. The predicted octanol–water partition coefficient (Wildman–Crippen LogP) is -4.50. The van der Waals surface area contributed by atoms with Gasteiger partial charge in [0.15, 0.2) is 0 Å². The van der Waals surface area contributed by atoms with Crippen LogP contribution in [0.5, 0.6) is 0 Å². The summed E-state index contributed by atoms with van der Waals surface area (Å²) in [6.45, 7) is 0. The summed E-state index contributed by atoms with van der Waals surface area (Å²) in [6.07, 6.45) is 0. The molecule has 9 nitrogen and oxygen atoms in total. The molecule has 0 saturated heterocycles. The predicted molar refractivity (Wildman–Crippen MR) is 32.8 cm³/mol. The van der Waals surface area contributed by atoms with Crippen molar-refractivity contribution in [3.05, 3.63) is 0 Å². The van der Waals surface area contributed by atoms with Crippen molar-refractivity contribution >= 4 is 36.8 Å². The summed E-state index contributed by atoms with van der Waals surface area (Å²) in [5, 5.41) is 0. The third-order valence-electron chi connectivity index (χ3n) is 0. The minimum atomic E-state index is -5.17. The molecule has 0 aromatic heterocycles. The van der Waals surface area contributed by atoms with Crippen LogP contribution >= 0.6 is 0 Å². The Balaban J connectivity index is -0.0000000457. The lowest BCUT2D eigenvalue weighted by molar-refractivity contribution is 0.117. The Morgan fingerprint density at radius 3 is 1.00 bits per heavy atom. The summed E-state index contributed by atoms with van der Waals surface area (Å²) in [7, 11) is -9.78. The van der Waals surface area contributed by atoms with Crippen LogP contribution in [-0.4, -0.2) is 68.6 Å². The van der Waals surface area contributed by atoms with Crippen LogP contribution in [-0.2, 0) is 10.4 Å². The molecule has 0 heterocycles. The van der Waals surface area contributed by atoms with Crippen LogP contribution in [0.25, 0.3) is 0 Å². The van der Waals surface area contributed by atoms with E-state index in [2.05, 4.69) is 0 Å². The first-order valence-electron chi connectivity index (χ1n) is 1.56.